The lowest BCUT2D eigenvalue weighted by Gasteiger charge is -2.12. The van der Waals surface area contributed by atoms with Crippen molar-refractivity contribution < 1.29 is 14.7 Å². The van der Waals surface area contributed by atoms with Crippen molar-refractivity contribution in [3.05, 3.63) is 95.8 Å². The van der Waals surface area contributed by atoms with Crippen LogP contribution >= 0.6 is 11.8 Å². The van der Waals surface area contributed by atoms with Gasteiger partial charge in [0.05, 0.1) is 11.8 Å². The minimum absolute atomic E-state index is 0.0349. The summed E-state index contributed by atoms with van der Waals surface area (Å²) < 4.78 is 0. The number of aromatic nitrogens is 2. The molecule has 0 bridgehead atoms. The number of para-hydroxylation sites is 1. The lowest BCUT2D eigenvalue weighted by Crippen LogP contribution is -2.25. The second-order valence-corrected chi connectivity index (χ2v) is 8.33. The summed E-state index contributed by atoms with van der Waals surface area (Å²) in [6.45, 7) is 0.0638. The van der Waals surface area contributed by atoms with E-state index in [9.17, 15) is 14.7 Å². The summed E-state index contributed by atoms with van der Waals surface area (Å²) >= 11 is 1.15. The topological polar surface area (TPSA) is 144 Å². The predicted molar refractivity (Wildman–Crippen MR) is 130 cm³/mol. The number of carbonyl (C=O) groups is 2. The van der Waals surface area contributed by atoms with Crippen LogP contribution in [0.3, 0.4) is 0 Å². The summed E-state index contributed by atoms with van der Waals surface area (Å²) in [5, 5.41) is 13.8. The Morgan fingerprint density at radius 1 is 0.971 bits per heavy atom. The number of rotatable bonds is 7. The number of hydrogen-bond acceptors (Lipinski definition) is 7. The number of phenols is 1. The van der Waals surface area contributed by atoms with Gasteiger partial charge in [-0.15, -0.1) is 0 Å². The molecule has 0 spiro atoms. The minimum atomic E-state index is -0.568. The second kappa shape index (κ2) is 10.1. The van der Waals surface area contributed by atoms with Crippen molar-refractivity contribution in [3.63, 3.8) is 0 Å². The highest BCUT2D eigenvalue weighted by molar-refractivity contribution is 7.99. The molecule has 170 valence electrons. The van der Waals surface area contributed by atoms with Gasteiger partial charge in [0, 0.05) is 22.6 Å². The van der Waals surface area contributed by atoms with E-state index < -0.39 is 11.8 Å². The summed E-state index contributed by atoms with van der Waals surface area (Å²) in [6.07, 6.45) is 1.42. The summed E-state index contributed by atoms with van der Waals surface area (Å²) in [5.74, 6) is -1.06. The van der Waals surface area contributed by atoms with Gasteiger partial charge in [-0.1, -0.05) is 72.4 Å². The number of nitrogen functional groups attached to an aromatic ring is 1. The third kappa shape index (κ3) is 5.00. The van der Waals surface area contributed by atoms with E-state index in [-0.39, 0.29) is 23.8 Å². The van der Waals surface area contributed by atoms with E-state index in [2.05, 4.69) is 15.3 Å². The predicted octanol–water partition coefficient (Wildman–Crippen LogP) is 3.61. The van der Waals surface area contributed by atoms with Crippen molar-refractivity contribution in [1.29, 1.82) is 0 Å². The number of nitrogens with zero attached hydrogens (tertiary/aromatic N) is 2. The fourth-order valence-corrected chi connectivity index (χ4v) is 4.21. The summed E-state index contributed by atoms with van der Waals surface area (Å²) in [4.78, 5) is 33.5. The van der Waals surface area contributed by atoms with E-state index in [0.717, 1.165) is 17.3 Å². The summed E-state index contributed by atoms with van der Waals surface area (Å²) in [7, 11) is 0. The molecule has 9 heteroatoms. The number of aromatic hydroxyl groups is 1. The molecule has 1 heterocycles. The Morgan fingerprint density at radius 2 is 1.71 bits per heavy atom. The highest BCUT2D eigenvalue weighted by Crippen LogP contribution is 2.32. The third-order valence-electron chi connectivity index (χ3n) is 5.00. The molecule has 0 aliphatic rings. The summed E-state index contributed by atoms with van der Waals surface area (Å²) in [5.41, 5.74) is 13.7. The van der Waals surface area contributed by atoms with Crippen LogP contribution < -0.4 is 16.8 Å². The van der Waals surface area contributed by atoms with E-state index in [0.29, 0.717) is 26.6 Å². The van der Waals surface area contributed by atoms with Gasteiger partial charge in [-0.3, -0.25) is 9.59 Å². The molecule has 0 saturated carbocycles. The van der Waals surface area contributed by atoms with Crippen LogP contribution in [0, 0.1) is 0 Å². The molecule has 8 nitrogen and oxygen atoms in total. The number of anilines is 1. The zero-order valence-corrected chi connectivity index (χ0v) is 18.8. The van der Waals surface area contributed by atoms with Crippen molar-refractivity contribution in [2.45, 2.75) is 16.5 Å². The van der Waals surface area contributed by atoms with Gasteiger partial charge in [-0.05, 0) is 17.7 Å². The van der Waals surface area contributed by atoms with Gasteiger partial charge in [0.2, 0.25) is 5.91 Å². The molecule has 0 aliphatic heterocycles. The number of nitrogens with one attached hydrogen (secondary N) is 1. The molecule has 0 saturated heterocycles. The molecule has 2 amide bonds. The molecule has 4 aromatic rings. The van der Waals surface area contributed by atoms with E-state index in [1.807, 2.05) is 42.5 Å². The largest absolute Gasteiger partial charge is 0.507 e. The van der Waals surface area contributed by atoms with Crippen molar-refractivity contribution in [1.82, 2.24) is 15.3 Å². The zero-order valence-electron chi connectivity index (χ0n) is 17.9. The van der Waals surface area contributed by atoms with Crippen molar-refractivity contribution in [2.75, 3.05) is 5.73 Å². The van der Waals surface area contributed by atoms with Gasteiger partial charge in [0.15, 0.2) is 11.5 Å². The average molecular weight is 472 g/mol. The lowest BCUT2D eigenvalue weighted by atomic mass is 10.0. The van der Waals surface area contributed by atoms with Crippen LogP contribution in [0.15, 0.2) is 88.9 Å². The quantitative estimate of drug-likeness (QED) is 0.322. The Labute approximate surface area is 200 Å². The highest BCUT2D eigenvalue weighted by atomic mass is 32.2. The molecule has 0 aliphatic carbocycles. The van der Waals surface area contributed by atoms with Crippen molar-refractivity contribution in [2.24, 2.45) is 5.73 Å². The molecule has 3 aromatic carbocycles. The number of hydrogen-bond donors (Lipinski definition) is 4. The van der Waals surface area contributed by atoms with E-state index >= 15 is 0 Å². The Hall–Kier alpha value is -4.37. The fraction of sp³-hybridized carbons (Fsp3) is 0.0400. The maximum atomic E-state index is 12.8. The zero-order chi connectivity index (χ0) is 24.1. The first-order valence-electron chi connectivity index (χ1n) is 10.3. The minimum Gasteiger partial charge on any atom is -0.507 e. The number of amides is 2. The van der Waals surface area contributed by atoms with E-state index in [1.165, 1.54) is 6.20 Å². The summed E-state index contributed by atoms with van der Waals surface area (Å²) in [6, 6.07) is 21.6. The standard InChI is InChI=1S/C25H21N5O3S/c26-23-21(30-20(14-28-23)34-19-12-5-4-10-18(19)24(27)32)25(33)29-13-16-9-6-11-17(22(16)31)15-7-2-1-3-8-15/h1-12,14,31H,13H2,(H2,26,28)(H2,27,32)(H,29,33). The smallest absolute Gasteiger partial charge is 0.274 e. The lowest BCUT2D eigenvalue weighted by molar-refractivity contribution is 0.0944. The number of phenolic OH excluding ortho intramolecular Hbond substituents is 1. The maximum Gasteiger partial charge on any atom is 0.274 e. The molecule has 4 rings (SSSR count). The van der Waals surface area contributed by atoms with Gasteiger partial charge < -0.3 is 21.9 Å². The SMILES string of the molecule is NC(=O)c1ccccc1Sc1cnc(N)c(C(=O)NCc2cccc(-c3ccccc3)c2O)n1. The molecule has 0 radical (unpaired) electrons. The first kappa shape index (κ1) is 22.8. The normalized spacial score (nSPS) is 10.6. The molecule has 34 heavy (non-hydrogen) atoms. The highest BCUT2D eigenvalue weighted by Gasteiger charge is 2.17. The van der Waals surface area contributed by atoms with Crippen LogP contribution in [0.2, 0.25) is 0 Å². The first-order valence-corrected chi connectivity index (χ1v) is 11.1. The van der Waals surface area contributed by atoms with Crippen molar-refractivity contribution in [3.8, 4) is 16.9 Å². The molecule has 1 aromatic heterocycles. The van der Waals surface area contributed by atoms with E-state index in [1.54, 1.807) is 30.3 Å². The number of benzene rings is 3. The molecule has 0 fully saturated rings. The monoisotopic (exact) mass is 471 g/mol. The van der Waals surface area contributed by atoms with Gasteiger partial charge in [0.1, 0.15) is 10.8 Å². The van der Waals surface area contributed by atoms with Crippen LogP contribution in [0.25, 0.3) is 11.1 Å². The van der Waals surface area contributed by atoms with Crippen molar-refractivity contribution >= 4 is 29.4 Å². The third-order valence-corrected chi connectivity index (χ3v) is 5.99. The van der Waals surface area contributed by atoms with Gasteiger partial charge in [-0.2, -0.15) is 0 Å². The molecule has 0 atom stereocenters. The Balaban J connectivity index is 1.52. The number of carbonyl (C=O) groups excluding carboxylic acids is 2. The van der Waals surface area contributed by atoms with Crippen LogP contribution in [-0.4, -0.2) is 26.9 Å². The molecule has 0 unspecified atom stereocenters. The first-order chi connectivity index (χ1) is 16.4. The Kier molecular flexibility index (Phi) is 6.74. The second-order valence-electron chi connectivity index (χ2n) is 7.27. The van der Waals surface area contributed by atoms with E-state index in [4.69, 9.17) is 11.5 Å². The van der Waals surface area contributed by atoms with Gasteiger partial charge >= 0.3 is 0 Å². The Bertz CT molecular complexity index is 1360. The Morgan fingerprint density at radius 3 is 2.47 bits per heavy atom. The molecule has 6 N–H and O–H groups in total. The fourth-order valence-electron chi connectivity index (χ4n) is 3.31. The maximum absolute atomic E-state index is 12.8. The molecular weight excluding hydrogens is 450 g/mol. The van der Waals surface area contributed by atoms with Gasteiger partial charge in [-0.25, -0.2) is 9.97 Å². The van der Waals surface area contributed by atoms with Crippen LogP contribution in [0.1, 0.15) is 26.4 Å². The average Bonchev–Trinajstić information content (AvgIpc) is 2.85. The molecular formula is C25H21N5O3S. The van der Waals surface area contributed by atoms with Crippen LogP contribution in [0.4, 0.5) is 5.82 Å². The van der Waals surface area contributed by atoms with Crippen LogP contribution in [-0.2, 0) is 6.54 Å². The number of primary amides is 1. The van der Waals surface area contributed by atoms with Crippen LogP contribution in [0.5, 0.6) is 5.75 Å². The number of nitrogens with two attached hydrogens (primary N) is 2. The van der Waals surface area contributed by atoms with Gasteiger partial charge in [0.25, 0.3) is 5.91 Å².